The van der Waals surface area contributed by atoms with Crippen molar-refractivity contribution in [2.24, 2.45) is 5.41 Å². The maximum atomic E-state index is 11.1. The number of allylic oxidation sites excluding steroid dienone is 2. The maximum absolute atomic E-state index is 11.1. The molecule has 0 saturated carbocycles. The van der Waals surface area contributed by atoms with Crippen molar-refractivity contribution in [3.05, 3.63) is 12.2 Å². The first-order valence-electron chi connectivity index (χ1n) is 5.04. The van der Waals surface area contributed by atoms with Crippen molar-refractivity contribution >= 4 is 6.29 Å². The summed E-state index contributed by atoms with van der Waals surface area (Å²) >= 11 is 0. The molecule has 2 saturated heterocycles. The smallest absolute Gasteiger partial charge is 0.129 e. The van der Waals surface area contributed by atoms with Crippen LogP contribution in [0.3, 0.4) is 0 Å². The Labute approximate surface area is 79.0 Å². The lowest BCUT2D eigenvalue weighted by molar-refractivity contribution is -0.118. The topological polar surface area (TPSA) is 26.3 Å². The van der Waals surface area contributed by atoms with Crippen molar-refractivity contribution in [1.29, 1.82) is 0 Å². The van der Waals surface area contributed by atoms with Crippen molar-refractivity contribution < 1.29 is 9.53 Å². The monoisotopic (exact) mass is 180 g/mol. The average molecular weight is 180 g/mol. The molecule has 2 nitrogen and oxygen atoms in total. The standard InChI is InChI=1S/C11H16O2/c1-2-3-6-11(8-12)7-9-4-5-10(11)13-9/h2-3,8-10H,4-7H2,1H3/b3-2+. The van der Waals surface area contributed by atoms with Crippen LogP contribution >= 0.6 is 0 Å². The Balaban J connectivity index is 2.12. The molecular formula is C11H16O2. The summed E-state index contributed by atoms with van der Waals surface area (Å²) in [6.07, 6.45) is 9.79. The fraction of sp³-hybridized carbons (Fsp3) is 0.727. The third-order valence-corrected chi connectivity index (χ3v) is 3.32. The highest BCUT2D eigenvalue weighted by Crippen LogP contribution is 2.48. The Bertz CT molecular complexity index is 234. The van der Waals surface area contributed by atoms with Gasteiger partial charge in [0, 0.05) is 0 Å². The van der Waals surface area contributed by atoms with Crippen LogP contribution in [-0.2, 0) is 9.53 Å². The molecule has 0 N–H and O–H groups in total. The third kappa shape index (κ3) is 1.33. The minimum atomic E-state index is -0.185. The molecular weight excluding hydrogens is 164 g/mol. The predicted molar refractivity (Wildman–Crippen MR) is 50.4 cm³/mol. The van der Waals surface area contributed by atoms with Crippen LogP contribution in [0.2, 0.25) is 0 Å². The summed E-state index contributed by atoms with van der Waals surface area (Å²) in [5.41, 5.74) is -0.185. The first kappa shape index (κ1) is 8.95. The van der Waals surface area contributed by atoms with E-state index in [1.54, 1.807) is 0 Å². The lowest BCUT2D eigenvalue weighted by Crippen LogP contribution is -2.33. The molecule has 3 atom stereocenters. The molecule has 2 heteroatoms. The van der Waals surface area contributed by atoms with Gasteiger partial charge in [-0.2, -0.15) is 0 Å². The van der Waals surface area contributed by atoms with Gasteiger partial charge in [0.15, 0.2) is 0 Å². The van der Waals surface area contributed by atoms with Crippen LogP contribution in [0.25, 0.3) is 0 Å². The van der Waals surface area contributed by atoms with Gasteiger partial charge in [0.1, 0.15) is 6.29 Å². The van der Waals surface area contributed by atoms with E-state index in [-0.39, 0.29) is 11.5 Å². The second kappa shape index (κ2) is 3.26. The zero-order valence-corrected chi connectivity index (χ0v) is 8.03. The lowest BCUT2D eigenvalue weighted by Gasteiger charge is -2.28. The number of rotatable bonds is 3. The van der Waals surface area contributed by atoms with E-state index in [1.165, 1.54) is 0 Å². The van der Waals surface area contributed by atoms with E-state index in [4.69, 9.17) is 4.74 Å². The first-order chi connectivity index (χ1) is 6.30. The Hall–Kier alpha value is -0.630. The fourth-order valence-corrected chi connectivity index (χ4v) is 2.56. The molecule has 0 radical (unpaired) electrons. The Kier molecular flexibility index (Phi) is 2.24. The van der Waals surface area contributed by atoms with Gasteiger partial charge in [0.05, 0.1) is 17.6 Å². The molecule has 0 spiro atoms. The zero-order valence-electron chi connectivity index (χ0n) is 8.03. The molecule has 2 aliphatic rings. The van der Waals surface area contributed by atoms with Gasteiger partial charge in [0.2, 0.25) is 0 Å². The third-order valence-electron chi connectivity index (χ3n) is 3.32. The summed E-state index contributed by atoms with van der Waals surface area (Å²) < 4.78 is 5.71. The second-order valence-corrected chi connectivity index (χ2v) is 4.15. The summed E-state index contributed by atoms with van der Waals surface area (Å²) in [4.78, 5) is 11.1. The molecule has 0 aliphatic carbocycles. The average Bonchev–Trinajstić information content (AvgIpc) is 2.74. The number of carbonyl (C=O) groups excluding carboxylic acids is 1. The minimum Gasteiger partial charge on any atom is -0.374 e. The van der Waals surface area contributed by atoms with Gasteiger partial charge in [-0.3, -0.25) is 0 Å². The molecule has 2 rings (SSSR count). The van der Waals surface area contributed by atoms with E-state index in [9.17, 15) is 4.79 Å². The predicted octanol–water partition coefficient (Wildman–Crippen LogP) is 2.09. The largest absolute Gasteiger partial charge is 0.374 e. The molecule has 0 aromatic carbocycles. The normalized spacial score (nSPS) is 43.2. The quantitative estimate of drug-likeness (QED) is 0.491. The highest BCUT2D eigenvalue weighted by atomic mass is 16.5. The Morgan fingerprint density at radius 3 is 2.85 bits per heavy atom. The summed E-state index contributed by atoms with van der Waals surface area (Å²) in [5, 5.41) is 0. The molecule has 72 valence electrons. The van der Waals surface area contributed by atoms with Crippen LogP contribution in [-0.4, -0.2) is 18.5 Å². The SMILES string of the molecule is C/C=C/CC1(C=O)CC2CCC1O2. The van der Waals surface area contributed by atoms with Gasteiger partial charge in [-0.25, -0.2) is 0 Å². The molecule has 2 aliphatic heterocycles. The molecule has 0 aromatic heterocycles. The van der Waals surface area contributed by atoms with Gasteiger partial charge in [0.25, 0.3) is 0 Å². The van der Waals surface area contributed by atoms with Gasteiger partial charge in [-0.05, 0) is 32.6 Å². The van der Waals surface area contributed by atoms with Gasteiger partial charge in [-0.15, -0.1) is 0 Å². The highest BCUT2D eigenvalue weighted by molar-refractivity contribution is 5.62. The van der Waals surface area contributed by atoms with E-state index < -0.39 is 0 Å². The van der Waals surface area contributed by atoms with Crippen LogP contribution in [0.4, 0.5) is 0 Å². The van der Waals surface area contributed by atoms with Crippen molar-refractivity contribution in [2.45, 2.75) is 44.8 Å². The van der Waals surface area contributed by atoms with Crippen molar-refractivity contribution in [2.75, 3.05) is 0 Å². The molecule has 2 bridgehead atoms. The molecule has 0 amide bonds. The maximum Gasteiger partial charge on any atom is 0.129 e. The zero-order chi connectivity index (χ0) is 9.31. The number of hydrogen-bond acceptors (Lipinski definition) is 2. The Morgan fingerprint density at radius 2 is 2.38 bits per heavy atom. The fourth-order valence-electron chi connectivity index (χ4n) is 2.56. The highest BCUT2D eigenvalue weighted by Gasteiger charge is 2.51. The summed E-state index contributed by atoms with van der Waals surface area (Å²) in [6.45, 7) is 1.99. The summed E-state index contributed by atoms with van der Waals surface area (Å²) in [5.74, 6) is 0. The van der Waals surface area contributed by atoms with Crippen LogP contribution in [0.15, 0.2) is 12.2 Å². The number of fused-ring (bicyclic) bond motifs is 2. The van der Waals surface area contributed by atoms with E-state index in [2.05, 4.69) is 6.08 Å². The number of carbonyl (C=O) groups is 1. The van der Waals surface area contributed by atoms with E-state index in [0.29, 0.717) is 6.10 Å². The lowest BCUT2D eigenvalue weighted by atomic mass is 9.73. The van der Waals surface area contributed by atoms with Crippen LogP contribution in [0.1, 0.15) is 32.6 Å². The number of ether oxygens (including phenoxy) is 1. The molecule has 13 heavy (non-hydrogen) atoms. The summed E-state index contributed by atoms with van der Waals surface area (Å²) in [6, 6.07) is 0. The first-order valence-corrected chi connectivity index (χ1v) is 5.04. The summed E-state index contributed by atoms with van der Waals surface area (Å²) in [7, 11) is 0. The molecule has 3 unspecified atom stereocenters. The van der Waals surface area contributed by atoms with Gasteiger partial charge >= 0.3 is 0 Å². The van der Waals surface area contributed by atoms with Crippen LogP contribution in [0.5, 0.6) is 0 Å². The van der Waals surface area contributed by atoms with Gasteiger partial charge in [-0.1, -0.05) is 12.2 Å². The van der Waals surface area contributed by atoms with Gasteiger partial charge < -0.3 is 9.53 Å². The van der Waals surface area contributed by atoms with E-state index in [1.807, 2.05) is 13.0 Å². The Morgan fingerprint density at radius 1 is 1.54 bits per heavy atom. The number of hydrogen-bond donors (Lipinski definition) is 0. The van der Waals surface area contributed by atoms with Crippen molar-refractivity contribution in [3.8, 4) is 0 Å². The van der Waals surface area contributed by atoms with Crippen molar-refractivity contribution in [3.63, 3.8) is 0 Å². The minimum absolute atomic E-state index is 0.185. The van der Waals surface area contributed by atoms with E-state index >= 15 is 0 Å². The second-order valence-electron chi connectivity index (χ2n) is 4.15. The van der Waals surface area contributed by atoms with Crippen LogP contribution in [0, 0.1) is 5.41 Å². The molecule has 0 aromatic rings. The van der Waals surface area contributed by atoms with Crippen molar-refractivity contribution in [1.82, 2.24) is 0 Å². The van der Waals surface area contributed by atoms with Crippen LogP contribution < -0.4 is 0 Å². The number of aldehydes is 1. The molecule has 2 fully saturated rings. The van der Waals surface area contributed by atoms with E-state index in [0.717, 1.165) is 32.0 Å². The molecule has 2 heterocycles.